The molecular weight excluding hydrogens is 394 g/mol. The summed E-state index contributed by atoms with van der Waals surface area (Å²) < 4.78 is 7.79. The molecule has 1 aliphatic heterocycles. The van der Waals surface area contributed by atoms with Crippen LogP contribution < -0.4 is 16.2 Å². The van der Waals surface area contributed by atoms with E-state index in [1.54, 1.807) is 23.6 Å². The predicted octanol–water partition coefficient (Wildman–Crippen LogP) is 2.67. The third kappa shape index (κ3) is 3.57. The maximum absolute atomic E-state index is 12.3. The van der Waals surface area contributed by atoms with E-state index in [0.29, 0.717) is 40.7 Å². The monoisotopic (exact) mass is 423 g/mol. The van der Waals surface area contributed by atoms with Crippen LogP contribution in [0.25, 0.3) is 16.7 Å². The number of hydrogen-bond donors (Lipinski definition) is 3. The third-order valence-corrected chi connectivity index (χ3v) is 6.14. The summed E-state index contributed by atoms with van der Waals surface area (Å²) in [6, 6.07) is 5.28. The van der Waals surface area contributed by atoms with Crippen LogP contribution in [0.2, 0.25) is 0 Å². The first-order valence-corrected chi connectivity index (χ1v) is 10.4. The number of ether oxygens (including phenoxy) is 1. The highest BCUT2D eigenvalue weighted by atomic mass is 16.5. The summed E-state index contributed by atoms with van der Waals surface area (Å²) in [7, 11) is 2.11. The van der Waals surface area contributed by atoms with E-state index < -0.39 is 5.91 Å². The molecule has 8 heteroatoms. The molecule has 1 atom stereocenters. The van der Waals surface area contributed by atoms with E-state index >= 15 is 0 Å². The summed E-state index contributed by atoms with van der Waals surface area (Å²) in [5.74, 6) is 0.667. The minimum absolute atomic E-state index is 0.136. The molecule has 2 aromatic heterocycles. The van der Waals surface area contributed by atoms with Crippen molar-refractivity contribution in [2.75, 3.05) is 32.5 Å². The highest BCUT2D eigenvalue weighted by Crippen LogP contribution is 2.37. The van der Waals surface area contributed by atoms with Crippen molar-refractivity contribution in [1.82, 2.24) is 14.5 Å². The number of carbonyl (C=O) groups is 1. The molecule has 0 bridgehead atoms. The van der Waals surface area contributed by atoms with Crippen LogP contribution in [0.5, 0.6) is 11.6 Å². The Morgan fingerprint density at radius 3 is 2.68 bits per heavy atom. The Balaban J connectivity index is 1.88. The number of benzene rings is 1. The molecule has 1 fully saturated rings. The Bertz CT molecular complexity index is 1180. The Labute approximate surface area is 181 Å². The quantitative estimate of drug-likeness (QED) is 0.580. The van der Waals surface area contributed by atoms with Crippen LogP contribution in [0.1, 0.15) is 33.5 Å². The fraction of sp³-hybridized carbons (Fsp3) is 0.391. The molecule has 4 rings (SSSR count). The number of hydrogen-bond acceptors (Lipinski definition) is 6. The smallest absolute Gasteiger partial charge is 0.253 e. The SMILES string of the molecule is Cc1cc2c(C(N)=O)c(N)n(-c3c(C)ccc(O)c3C)c2nc1OCC1CCN(C)C1. The van der Waals surface area contributed by atoms with Crippen molar-refractivity contribution in [2.45, 2.75) is 27.2 Å². The number of nitrogens with two attached hydrogens (primary N) is 2. The number of anilines is 1. The summed E-state index contributed by atoms with van der Waals surface area (Å²) in [6.07, 6.45) is 1.09. The van der Waals surface area contributed by atoms with Crippen molar-refractivity contribution in [3.63, 3.8) is 0 Å². The van der Waals surface area contributed by atoms with E-state index in [0.717, 1.165) is 30.6 Å². The van der Waals surface area contributed by atoms with Crippen molar-refractivity contribution >= 4 is 22.8 Å². The summed E-state index contributed by atoms with van der Waals surface area (Å²) in [6.45, 7) is 8.25. The van der Waals surface area contributed by atoms with Crippen LogP contribution in [-0.4, -0.2) is 52.2 Å². The number of pyridine rings is 1. The van der Waals surface area contributed by atoms with Crippen LogP contribution in [0, 0.1) is 26.7 Å². The van der Waals surface area contributed by atoms with Gasteiger partial charge in [-0.2, -0.15) is 4.98 Å². The van der Waals surface area contributed by atoms with Gasteiger partial charge in [0.05, 0.1) is 17.9 Å². The number of nitrogen functional groups attached to an aromatic ring is 1. The van der Waals surface area contributed by atoms with E-state index in [1.165, 1.54) is 0 Å². The fourth-order valence-electron chi connectivity index (χ4n) is 4.47. The molecule has 164 valence electrons. The van der Waals surface area contributed by atoms with Crippen molar-refractivity contribution in [1.29, 1.82) is 0 Å². The first-order valence-electron chi connectivity index (χ1n) is 10.4. The molecule has 3 heterocycles. The Kier molecular flexibility index (Phi) is 5.26. The Hall–Kier alpha value is -3.26. The van der Waals surface area contributed by atoms with Crippen molar-refractivity contribution < 1.29 is 14.6 Å². The lowest BCUT2D eigenvalue weighted by molar-refractivity contribution is 0.100. The molecule has 0 saturated carbocycles. The summed E-state index contributed by atoms with van der Waals surface area (Å²) in [5, 5.41) is 10.9. The molecule has 0 radical (unpaired) electrons. The molecule has 0 spiro atoms. The second-order valence-corrected chi connectivity index (χ2v) is 8.54. The molecule has 1 amide bonds. The summed E-state index contributed by atoms with van der Waals surface area (Å²) in [4.78, 5) is 19.3. The van der Waals surface area contributed by atoms with Gasteiger partial charge in [0, 0.05) is 29.0 Å². The van der Waals surface area contributed by atoms with Crippen molar-refractivity contribution in [2.24, 2.45) is 11.7 Å². The maximum atomic E-state index is 12.3. The van der Waals surface area contributed by atoms with Crippen molar-refractivity contribution in [3.05, 3.63) is 40.5 Å². The second-order valence-electron chi connectivity index (χ2n) is 8.54. The average molecular weight is 424 g/mol. The third-order valence-electron chi connectivity index (χ3n) is 6.14. The lowest BCUT2D eigenvalue weighted by atomic mass is 10.1. The molecule has 8 nitrogen and oxygen atoms in total. The van der Waals surface area contributed by atoms with Gasteiger partial charge in [-0.3, -0.25) is 9.36 Å². The van der Waals surface area contributed by atoms with Gasteiger partial charge in [0.15, 0.2) is 5.65 Å². The Morgan fingerprint density at radius 2 is 2.03 bits per heavy atom. The van der Waals surface area contributed by atoms with Gasteiger partial charge in [-0.05, 0) is 58.5 Å². The van der Waals surface area contributed by atoms with E-state index in [1.807, 2.05) is 19.9 Å². The van der Waals surface area contributed by atoms with E-state index in [4.69, 9.17) is 21.2 Å². The van der Waals surface area contributed by atoms with E-state index in [-0.39, 0.29) is 17.1 Å². The number of amides is 1. The molecule has 1 aromatic carbocycles. The van der Waals surface area contributed by atoms with E-state index in [9.17, 15) is 9.90 Å². The number of fused-ring (bicyclic) bond motifs is 1. The minimum atomic E-state index is -0.624. The molecule has 1 aliphatic rings. The van der Waals surface area contributed by atoms with Crippen LogP contribution in [0.15, 0.2) is 18.2 Å². The number of likely N-dealkylation sites (tertiary alicyclic amines) is 1. The average Bonchev–Trinajstić information content (AvgIpc) is 3.24. The number of aryl methyl sites for hydroxylation is 2. The molecule has 3 aromatic rings. The maximum Gasteiger partial charge on any atom is 0.253 e. The number of phenolic OH excluding ortho intramolecular Hbond substituents is 1. The highest BCUT2D eigenvalue weighted by molar-refractivity contribution is 6.11. The lowest BCUT2D eigenvalue weighted by Crippen LogP contribution is -2.18. The lowest BCUT2D eigenvalue weighted by Gasteiger charge is -2.16. The molecule has 1 saturated heterocycles. The summed E-state index contributed by atoms with van der Waals surface area (Å²) >= 11 is 0. The van der Waals surface area contributed by atoms with Crippen LogP contribution in [-0.2, 0) is 0 Å². The zero-order valence-corrected chi connectivity index (χ0v) is 18.4. The largest absolute Gasteiger partial charge is 0.508 e. The number of carbonyl (C=O) groups excluding carboxylic acids is 1. The fourth-order valence-corrected chi connectivity index (χ4v) is 4.47. The summed E-state index contributed by atoms with van der Waals surface area (Å²) in [5.41, 5.74) is 15.8. The van der Waals surface area contributed by atoms with Gasteiger partial charge in [-0.1, -0.05) is 6.07 Å². The van der Waals surface area contributed by atoms with Gasteiger partial charge in [0.25, 0.3) is 5.91 Å². The molecule has 1 unspecified atom stereocenters. The molecular formula is C23H29N5O3. The number of primary amides is 1. The van der Waals surface area contributed by atoms with Crippen LogP contribution in [0.3, 0.4) is 0 Å². The second kappa shape index (κ2) is 7.77. The van der Waals surface area contributed by atoms with Crippen LogP contribution >= 0.6 is 0 Å². The Morgan fingerprint density at radius 1 is 1.29 bits per heavy atom. The molecule has 5 N–H and O–H groups in total. The normalized spacial score (nSPS) is 16.8. The minimum Gasteiger partial charge on any atom is -0.508 e. The zero-order chi connectivity index (χ0) is 22.4. The predicted molar refractivity (Wildman–Crippen MR) is 121 cm³/mol. The first-order chi connectivity index (χ1) is 14.7. The number of aromatic hydroxyl groups is 1. The van der Waals surface area contributed by atoms with Gasteiger partial charge >= 0.3 is 0 Å². The standard InChI is InChI=1S/C23H29N5O3/c1-12-5-6-17(29)14(3)19(12)28-20(24)18(21(25)30)16-9-13(2)23(26-22(16)28)31-11-15-7-8-27(4)10-15/h5-6,9,15,29H,7-8,10-11,24H2,1-4H3,(H2,25,30). The van der Waals surface area contributed by atoms with Gasteiger partial charge in [-0.25, -0.2) is 0 Å². The topological polar surface area (TPSA) is 120 Å². The van der Waals surface area contributed by atoms with Crippen LogP contribution in [0.4, 0.5) is 5.82 Å². The molecule has 31 heavy (non-hydrogen) atoms. The van der Waals surface area contributed by atoms with Gasteiger partial charge in [0.2, 0.25) is 5.88 Å². The first kappa shape index (κ1) is 21.0. The van der Waals surface area contributed by atoms with E-state index in [2.05, 4.69) is 11.9 Å². The highest BCUT2D eigenvalue weighted by Gasteiger charge is 2.26. The zero-order valence-electron chi connectivity index (χ0n) is 18.4. The van der Waals surface area contributed by atoms with Crippen molar-refractivity contribution in [3.8, 4) is 17.3 Å². The molecule has 0 aliphatic carbocycles. The number of phenols is 1. The number of nitrogens with zero attached hydrogens (tertiary/aromatic N) is 3. The van der Waals surface area contributed by atoms with Gasteiger partial charge < -0.3 is 26.2 Å². The van der Waals surface area contributed by atoms with Gasteiger partial charge in [-0.15, -0.1) is 0 Å². The van der Waals surface area contributed by atoms with Gasteiger partial charge in [0.1, 0.15) is 11.6 Å². The number of aromatic nitrogens is 2. The number of rotatable bonds is 5.